The number of nitrogens with one attached hydrogen (secondary N) is 1. The van der Waals surface area contributed by atoms with E-state index in [9.17, 15) is 9.18 Å². The summed E-state index contributed by atoms with van der Waals surface area (Å²) in [6.45, 7) is 0.401. The van der Waals surface area contributed by atoms with Crippen LogP contribution in [-0.4, -0.2) is 26.4 Å². The second-order valence-electron chi connectivity index (χ2n) is 5.79. The Morgan fingerprint density at radius 3 is 2.57 bits per heavy atom. The number of carbonyl (C=O) groups is 1. The smallest absolute Gasteiger partial charge is 0.234 e. The van der Waals surface area contributed by atoms with E-state index in [4.69, 9.17) is 8.83 Å². The van der Waals surface area contributed by atoms with Crippen molar-refractivity contribution >= 4 is 23.4 Å². The van der Waals surface area contributed by atoms with Crippen LogP contribution in [0.25, 0.3) is 11.6 Å². The van der Waals surface area contributed by atoms with Gasteiger partial charge in [0.1, 0.15) is 11.6 Å². The minimum atomic E-state index is -0.358. The molecule has 0 aliphatic rings. The van der Waals surface area contributed by atoms with Gasteiger partial charge in [-0.2, -0.15) is 0 Å². The molecule has 0 fully saturated rings. The van der Waals surface area contributed by atoms with Gasteiger partial charge in [0.05, 0.1) is 24.8 Å². The number of rotatable bonds is 7. The second kappa shape index (κ2) is 8.13. The minimum absolute atomic E-state index is 0.117. The molecule has 28 heavy (non-hydrogen) atoms. The van der Waals surface area contributed by atoms with Gasteiger partial charge < -0.3 is 14.2 Å². The maximum atomic E-state index is 13.0. The Bertz CT molecular complexity index is 1040. The average molecular weight is 398 g/mol. The normalized spacial score (nSPS) is 10.9. The highest BCUT2D eigenvalue weighted by Gasteiger charge is 2.18. The Balaban J connectivity index is 1.49. The number of halogens is 1. The highest BCUT2D eigenvalue weighted by atomic mass is 32.2. The lowest BCUT2D eigenvalue weighted by Gasteiger charge is -2.08. The quantitative estimate of drug-likeness (QED) is 0.473. The molecule has 1 aromatic carbocycles. The lowest BCUT2D eigenvalue weighted by atomic mass is 10.3. The van der Waals surface area contributed by atoms with Crippen LogP contribution in [0.2, 0.25) is 0 Å². The van der Waals surface area contributed by atoms with Crippen LogP contribution in [0.5, 0.6) is 0 Å². The highest BCUT2D eigenvalue weighted by molar-refractivity contribution is 7.99. The number of amides is 1. The first-order chi connectivity index (χ1) is 13.7. The van der Waals surface area contributed by atoms with E-state index in [-0.39, 0.29) is 17.5 Å². The summed E-state index contributed by atoms with van der Waals surface area (Å²) >= 11 is 1.24. The summed E-state index contributed by atoms with van der Waals surface area (Å²) < 4.78 is 25.6. The third-order valence-electron chi connectivity index (χ3n) is 3.81. The SMILES string of the molecule is O=C(CSc1nnc(-c2ccco2)n1Cc1ccco1)Nc1ccc(F)cc1. The molecule has 4 rings (SSSR count). The van der Waals surface area contributed by atoms with Gasteiger partial charge in [0, 0.05) is 5.69 Å². The first-order valence-corrected chi connectivity index (χ1v) is 9.35. The highest BCUT2D eigenvalue weighted by Crippen LogP contribution is 2.25. The van der Waals surface area contributed by atoms with Crippen LogP contribution in [0.1, 0.15) is 5.76 Å². The maximum absolute atomic E-state index is 13.0. The molecule has 0 bridgehead atoms. The maximum Gasteiger partial charge on any atom is 0.234 e. The Hall–Kier alpha value is -3.33. The van der Waals surface area contributed by atoms with Crippen LogP contribution in [0.4, 0.5) is 10.1 Å². The standard InChI is InChI=1S/C19H15FN4O3S/c20-13-5-7-14(8-6-13)21-17(25)12-28-19-23-22-18(16-4-2-10-27-16)24(19)11-15-3-1-9-26-15/h1-10H,11-12H2,(H,21,25). The van der Waals surface area contributed by atoms with E-state index in [1.807, 2.05) is 10.6 Å². The third-order valence-corrected chi connectivity index (χ3v) is 4.78. The molecule has 1 amide bonds. The zero-order valence-electron chi connectivity index (χ0n) is 14.5. The molecule has 0 atom stereocenters. The van der Waals surface area contributed by atoms with E-state index < -0.39 is 0 Å². The van der Waals surface area contributed by atoms with Gasteiger partial charge >= 0.3 is 0 Å². The molecule has 0 spiro atoms. The molecule has 0 saturated heterocycles. The molecular weight excluding hydrogens is 383 g/mol. The van der Waals surface area contributed by atoms with Crippen LogP contribution >= 0.6 is 11.8 Å². The van der Waals surface area contributed by atoms with Crippen LogP contribution in [0.15, 0.2) is 75.0 Å². The van der Waals surface area contributed by atoms with Gasteiger partial charge in [-0.1, -0.05) is 11.8 Å². The summed E-state index contributed by atoms with van der Waals surface area (Å²) in [5.74, 6) is 1.37. The molecule has 0 radical (unpaired) electrons. The van der Waals surface area contributed by atoms with Gasteiger partial charge in [0.2, 0.25) is 11.7 Å². The number of hydrogen-bond acceptors (Lipinski definition) is 6. The Morgan fingerprint density at radius 1 is 1.07 bits per heavy atom. The molecule has 9 heteroatoms. The first kappa shape index (κ1) is 18.1. The molecule has 142 valence electrons. The predicted molar refractivity (Wildman–Crippen MR) is 101 cm³/mol. The molecule has 3 heterocycles. The van der Waals surface area contributed by atoms with Crippen molar-refractivity contribution in [3.8, 4) is 11.6 Å². The van der Waals surface area contributed by atoms with E-state index in [0.29, 0.717) is 29.0 Å². The van der Waals surface area contributed by atoms with Gasteiger partial charge in [-0.05, 0) is 48.5 Å². The summed E-state index contributed by atoms with van der Waals surface area (Å²) in [5, 5.41) is 11.7. The summed E-state index contributed by atoms with van der Waals surface area (Å²) in [7, 11) is 0. The number of hydrogen-bond donors (Lipinski definition) is 1. The summed E-state index contributed by atoms with van der Waals surface area (Å²) in [6.07, 6.45) is 3.15. The number of anilines is 1. The number of furan rings is 2. The monoisotopic (exact) mass is 398 g/mol. The molecule has 7 nitrogen and oxygen atoms in total. The number of benzene rings is 1. The van der Waals surface area contributed by atoms with Gasteiger partial charge in [0.25, 0.3) is 0 Å². The largest absolute Gasteiger partial charge is 0.467 e. The predicted octanol–water partition coefficient (Wildman–Crippen LogP) is 4.05. The lowest BCUT2D eigenvalue weighted by Crippen LogP contribution is -2.14. The molecule has 0 saturated carbocycles. The van der Waals surface area contributed by atoms with Gasteiger partial charge in [0.15, 0.2) is 10.9 Å². The zero-order chi connectivity index (χ0) is 19.3. The van der Waals surface area contributed by atoms with E-state index in [2.05, 4.69) is 15.5 Å². The summed E-state index contributed by atoms with van der Waals surface area (Å²) in [5.41, 5.74) is 0.528. The molecule has 0 aliphatic carbocycles. The Labute approximate surface area is 163 Å². The van der Waals surface area contributed by atoms with E-state index in [1.165, 1.54) is 36.0 Å². The fourth-order valence-electron chi connectivity index (χ4n) is 2.54. The summed E-state index contributed by atoms with van der Waals surface area (Å²) in [6, 6.07) is 12.8. The van der Waals surface area contributed by atoms with Crippen molar-refractivity contribution in [1.29, 1.82) is 0 Å². The van der Waals surface area contributed by atoms with Crippen molar-refractivity contribution < 1.29 is 18.0 Å². The van der Waals surface area contributed by atoms with Gasteiger partial charge in [-0.3, -0.25) is 9.36 Å². The van der Waals surface area contributed by atoms with Gasteiger partial charge in [-0.15, -0.1) is 10.2 Å². The topological polar surface area (TPSA) is 86.1 Å². The molecule has 0 aliphatic heterocycles. The molecular formula is C19H15FN4O3S. The zero-order valence-corrected chi connectivity index (χ0v) is 15.4. The van der Waals surface area contributed by atoms with Crippen molar-refractivity contribution in [2.45, 2.75) is 11.7 Å². The summed E-state index contributed by atoms with van der Waals surface area (Å²) in [4.78, 5) is 12.2. The number of nitrogens with zero attached hydrogens (tertiary/aromatic N) is 3. The first-order valence-electron chi connectivity index (χ1n) is 8.37. The van der Waals surface area contributed by atoms with Crippen LogP contribution in [0, 0.1) is 5.82 Å². The van der Waals surface area contributed by atoms with Crippen molar-refractivity contribution in [3.63, 3.8) is 0 Å². The molecule has 3 aromatic heterocycles. The molecule has 4 aromatic rings. The Morgan fingerprint density at radius 2 is 1.86 bits per heavy atom. The van der Waals surface area contributed by atoms with Crippen LogP contribution < -0.4 is 5.32 Å². The second-order valence-corrected chi connectivity index (χ2v) is 6.74. The van der Waals surface area contributed by atoms with Crippen molar-refractivity contribution in [2.75, 3.05) is 11.1 Å². The molecule has 1 N–H and O–H groups in total. The van der Waals surface area contributed by atoms with E-state index in [0.717, 1.165) is 5.76 Å². The van der Waals surface area contributed by atoms with Crippen LogP contribution in [0.3, 0.4) is 0 Å². The average Bonchev–Trinajstić information content (AvgIpc) is 3.44. The van der Waals surface area contributed by atoms with E-state index >= 15 is 0 Å². The number of aromatic nitrogens is 3. The number of thioether (sulfide) groups is 1. The Kier molecular flexibility index (Phi) is 5.24. The fourth-order valence-corrected chi connectivity index (χ4v) is 3.28. The van der Waals surface area contributed by atoms with Crippen molar-refractivity contribution in [1.82, 2.24) is 14.8 Å². The lowest BCUT2D eigenvalue weighted by molar-refractivity contribution is -0.113. The molecule has 0 unspecified atom stereocenters. The van der Waals surface area contributed by atoms with Crippen molar-refractivity contribution in [2.24, 2.45) is 0 Å². The number of carbonyl (C=O) groups excluding carboxylic acids is 1. The van der Waals surface area contributed by atoms with Crippen LogP contribution in [-0.2, 0) is 11.3 Å². The minimum Gasteiger partial charge on any atom is -0.467 e. The fraction of sp³-hybridized carbons (Fsp3) is 0.105. The van der Waals surface area contributed by atoms with E-state index in [1.54, 1.807) is 30.7 Å². The van der Waals surface area contributed by atoms with Crippen molar-refractivity contribution in [3.05, 3.63) is 72.6 Å². The third kappa shape index (κ3) is 4.15. The van der Waals surface area contributed by atoms with Gasteiger partial charge in [-0.25, -0.2) is 4.39 Å².